The molecule has 0 aromatic heterocycles. The molecule has 0 radical (unpaired) electrons. The monoisotopic (exact) mass is 258 g/mol. The summed E-state index contributed by atoms with van der Waals surface area (Å²) in [6.45, 7) is 1.54. The molecular weight excluding hydrogens is 250 g/mol. The number of nitrogens with zero attached hydrogens (tertiary/aromatic N) is 1. The van der Waals surface area contributed by atoms with Crippen LogP contribution in [0.5, 0.6) is 0 Å². The van der Waals surface area contributed by atoms with E-state index in [1.165, 1.54) is 12.1 Å². The average molecular weight is 259 g/mol. The van der Waals surface area contributed by atoms with Crippen LogP contribution in [0.15, 0.2) is 24.3 Å². The van der Waals surface area contributed by atoms with E-state index in [0.717, 1.165) is 0 Å². The predicted molar refractivity (Wildman–Crippen MR) is 58.5 cm³/mol. The van der Waals surface area contributed by atoms with E-state index in [2.05, 4.69) is 16.9 Å². The third-order valence-corrected chi connectivity index (χ3v) is 2.32. The Hall–Kier alpha value is -1.67. The Balaban J connectivity index is 2.74. The van der Waals surface area contributed by atoms with Crippen LogP contribution in [0.2, 0.25) is 0 Å². The number of rotatable bonds is 3. The van der Waals surface area contributed by atoms with Gasteiger partial charge in [0.05, 0.1) is 17.7 Å². The summed E-state index contributed by atoms with van der Waals surface area (Å²) in [6.07, 6.45) is 0. The number of nitrogens with one attached hydrogen (secondary N) is 1. The summed E-state index contributed by atoms with van der Waals surface area (Å²) >= 11 is 4.57. The molecule has 0 saturated heterocycles. The van der Waals surface area contributed by atoms with E-state index in [9.17, 15) is 13.6 Å². The summed E-state index contributed by atoms with van der Waals surface area (Å²) < 4.78 is 24.8. The molecule has 1 aromatic carbocycles. The third-order valence-electron chi connectivity index (χ3n) is 2.14. The molecule has 0 aliphatic heterocycles. The molecule has 17 heavy (non-hydrogen) atoms. The molecule has 0 aliphatic carbocycles. The first kappa shape index (κ1) is 13.4. The maximum Gasteiger partial charge on any atom is 0.399 e. The quantitative estimate of drug-likeness (QED) is 0.847. The number of hydrogen-bond donors (Lipinski definition) is 1. The Bertz CT molecular complexity index is 448. The Morgan fingerprint density at radius 2 is 2.00 bits per heavy atom. The van der Waals surface area contributed by atoms with Crippen molar-refractivity contribution in [1.29, 1.82) is 5.26 Å². The lowest BCUT2D eigenvalue weighted by molar-refractivity contribution is -0.136. The number of benzene rings is 1. The second-order valence-electron chi connectivity index (χ2n) is 3.43. The molecule has 0 heterocycles. The number of hydrogen-bond acceptors (Lipinski definition) is 2. The van der Waals surface area contributed by atoms with Gasteiger partial charge in [-0.1, -0.05) is 12.1 Å². The van der Waals surface area contributed by atoms with Crippen LogP contribution >= 0.6 is 11.6 Å². The number of alkyl halides is 3. The van der Waals surface area contributed by atoms with Crippen molar-refractivity contribution < 1.29 is 13.6 Å². The van der Waals surface area contributed by atoms with Crippen LogP contribution in [0.25, 0.3) is 0 Å². The lowest BCUT2D eigenvalue weighted by Crippen LogP contribution is -2.37. The smallest absolute Gasteiger partial charge is 0.343 e. The summed E-state index contributed by atoms with van der Waals surface area (Å²) in [5.41, 5.74) is 1.06. The van der Waals surface area contributed by atoms with Crippen molar-refractivity contribution in [3.8, 4) is 6.07 Å². The van der Waals surface area contributed by atoms with Crippen LogP contribution < -0.4 is 5.32 Å². The fraction of sp³-hybridized carbons (Fsp3) is 0.273. The van der Waals surface area contributed by atoms with E-state index in [1.54, 1.807) is 19.1 Å². The highest BCUT2D eigenvalue weighted by Crippen LogP contribution is 2.21. The minimum atomic E-state index is -3.92. The van der Waals surface area contributed by atoms with E-state index < -0.39 is 17.3 Å². The van der Waals surface area contributed by atoms with Crippen molar-refractivity contribution in [3.05, 3.63) is 35.4 Å². The van der Waals surface area contributed by atoms with Gasteiger partial charge in [0.25, 0.3) is 0 Å². The van der Waals surface area contributed by atoms with E-state index in [1.807, 2.05) is 6.07 Å². The fourth-order valence-corrected chi connectivity index (χ4v) is 1.26. The maximum atomic E-state index is 12.4. The van der Waals surface area contributed by atoms with Gasteiger partial charge >= 0.3 is 11.3 Å². The van der Waals surface area contributed by atoms with E-state index in [-0.39, 0.29) is 0 Å². The molecule has 1 aromatic rings. The fourth-order valence-electron chi connectivity index (χ4n) is 1.21. The van der Waals surface area contributed by atoms with Gasteiger partial charge < -0.3 is 5.32 Å². The Morgan fingerprint density at radius 1 is 1.47 bits per heavy atom. The molecule has 1 unspecified atom stereocenters. The summed E-state index contributed by atoms with van der Waals surface area (Å²) in [5.74, 6) is -1.55. The zero-order valence-corrected chi connectivity index (χ0v) is 9.63. The molecule has 0 bridgehead atoms. The summed E-state index contributed by atoms with van der Waals surface area (Å²) in [7, 11) is 0. The zero-order chi connectivity index (χ0) is 13.1. The number of carbonyl (C=O) groups excluding carboxylic acids is 1. The molecule has 6 heteroatoms. The topological polar surface area (TPSA) is 52.9 Å². The molecule has 0 saturated carbocycles. The van der Waals surface area contributed by atoms with Gasteiger partial charge in [0.15, 0.2) is 0 Å². The number of carbonyl (C=O) groups is 1. The number of halogens is 3. The molecular formula is C11H9ClF2N2O. The van der Waals surface area contributed by atoms with Crippen molar-refractivity contribution in [2.45, 2.75) is 18.3 Å². The van der Waals surface area contributed by atoms with Gasteiger partial charge in [0.1, 0.15) is 0 Å². The van der Waals surface area contributed by atoms with Crippen LogP contribution in [0, 0.1) is 11.3 Å². The zero-order valence-electron chi connectivity index (χ0n) is 8.88. The average Bonchev–Trinajstić information content (AvgIpc) is 2.27. The van der Waals surface area contributed by atoms with E-state index in [0.29, 0.717) is 11.1 Å². The summed E-state index contributed by atoms with van der Waals surface area (Å²) in [4.78, 5) is 10.9. The SMILES string of the molecule is CC(NC(=O)C(F)(F)Cl)c1ccc(C#N)cc1. The van der Waals surface area contributed by atoms with Crippen LogP contribution in [0.1, 0.15) is 24.1 Å². The Kier molecular flexibility index (Phi) is 4.02. The first-order valence-corrected chi connectivity index (χ1v) is 5.10. The van der Waals surface area contributed by atoms with Crippen LogP contribution in [-0.4, -0.2) is 11.3 Å². The molecule has 0 spiro atoms. The minimum absolute atomic E-state index is 0.454. The van der Waals surface area contributed by atoms with Crippen molar-refractivity contribution >= 4 is 17.5 Å². The van der Waals surface area contributed by atoms with E-state index in [4.69, 9.17) is 5.26 Å². The largest absolute Gasteiger partial charge is 0.399 e. The van der Waals surface area contributed by atoms with Gasteiger partial charge in [0, 0.05) is 0 Å². The molecule has 0 fully saturated rings. The minimum Gasteiger partial charge on any atom is -0.343 e. The molecule has 1 atom stereocenters. The third kappa shape index (κ3) is 3.68. The lowest BCUT2D eigenvalue weighted by atomic mass is 10.1. The van der Waals surface area contributed by atoms with Crippen molar-refractivity contribution in [2.24, 2.45) is 0 Å². The van der Waals surface area contributed by atoms with Gasteiger partial charge in [-0.15, -0.1) is 0 Å². The molecule has 90 valence electrons. The van der Waals surface area contributed by atoms with Gasteiger partial charge in [-0.2, -0.15) is 14.0 Å². The highest BCUT2D eigenvalue weighted by atomic mass is 35.5. The maximum absolute atomic E-state index is 12.4. The normalized spacial score (nSPS) is 12.6. The van der Waals surface area contributed by atoms with Crippen molar-refractivity contribution in [2.75, 3.05) is 0 Å². The Morgan fingerprint density at radius 3 is 2.41 bits per heavy atom. The summed E-state index contributed by atoms with van der Waals surface area (Å²) in [6, 6.07) is 7.55. The Labute approximate surface area is 102 Å². The number of amides is 1. The van der Waals surface area contributed by atoms with Crippen molar-refractivity contribution in [1.82, 2.24) is 5.32 Å². The first-order chi connectivity index (χ1) is 7.84. The van der Waals surface area contributed by atoms with E-state index >= 15 is 0 Å². The van der Waals surface area contributed by atoms with Gasteiger partial charge in [0.2, 0.25) is 0 Å². The number of nitriles is 1. The highest BCUT2D eigenvalue weighted by Gasteiger charge is 2.36. The first-order valence-electron chi connectivity index (χ1n) is 4.72. The standard InChI is InChI=1S/C11H9ClF2N2O/c1-7(16-10(17)11(12,13)14)9-4-2-8(6-15)3-5-9/h2-5,7H,1H3,(H,16,17). The van der Waals surface area contributed by atoms with Crippen LogP contribution in [0.4, 0.5) is 8.78 Å². The molecule has 1 amide bonds. The van der Waals surface area contributed by atoms with Gasteiger partial charge in [-0.25, -0.2) is 0 Å². The molecule has 1 N–H and O–H groups in total. The second-order valence-corrected chi connectivity index (χ2v) is 3.90. The lowest BCUT2D eigenvalue weighted by Gasteiger charge is -2.16. The predicted octanol–water partition coefficient (Wildman–Crippen LogP) is 2.57. The van der Waals surface area contributed by atoms with Crippen LogP contribution in [-0.2, 0) is 4.79 Å². The van der Waals surface area contributed by atoms with Gasteiger partial charge in [-0.05, 0) is 36.2 Å². The molecule has 3 nitrogen and oxygen atoms in total. The molecule has 0 aliphatic rings. The molecule has 1 rings (SSSR count). The van der Waals surface area contributed by atoms with Crippen LogP contribution in [0.3, 0.4) is 0 Å². The highest BCUT2D eigenvalue weighted by molar-refractivity contribution is 6.32. The van der Waals surface area contributed by atoms with Gasteiger partial charge in [-0.3, -0.25) is 4.79 Å². The van der Waals surface area contributed by atoms with Crippen molar-refractivity contribution in [3.63, 3.8) is 0 Å². The summed E-state index contributed by atoms with van der Waals surface area (Å²) in [5, 5.41) is 6.74. The second kappa shape index (κ2) is 5.11.